The van der Waals surface area contributed by atoms with Gasteiger partial charge in [-0.3, -0.25) is 4.90 Å². The molecule has 1 saturated heterocycles. The second kappa shape index (κ2) is 8.36. The first-order chi connectivity index (χ1) is 11.7. The summed E-state index contributed by atoms with van der Waals surface area (Å²) >= 11 is 5.94. The molecule has 2 aromatic carbocycles. The van der Waals surface area contributed by atoms with E-state index in [1.165, 1.54) is 25.0 Å². The molecule has 1 N–H and O–H groups in total. The smallest absolute Gasteiger partial charge is 0.123 e. The van der Waals surface area contributed by atoms with Gasteiger partial charge in [-0.15, -0.1) is 0 Å². The van der Waals surface area contributed by atoms with Crippen LogP contribution in [0.4, 0.5) is 10.1 Å². The molecule has 3 rings (SSSR count). The van der Waals surface area contributed by atoms with Crippen LogP contribution in [0.1, 0.15) is 19.3 Å². The summed E-state index contributed by atoms with van der Waals surface area (Å²) < 4.78 is 18.6. The van der Waals surface area contributed by atoms with Gasteiger partial charge in [-0.2, -0.15) is 0 Å². The molecular formula is C19H22ClFN2O. The van der Waals surface area contributed by atoms with Crippen molar-refractivity contribution in [2.24, 2.45) is 0 Å². The highest BCUT2D eigenvalue weighted by Gasteiger charge is 2.21. The molecule has 0 bridgehead atoms. The number of nitrogens with zero attached hydrogens (tertiary/aromatic N) is 1. The van der Waals surface area contributed by atoms with Gasteiger partial charge < -0.3 is 10.1 Å². The molecule has 2 aromatic rings. The van der Waals surface area contributed by atoms with Crippen LogP contribution in [0.3, 0.4) is 0 Å². The molecule has 1 heterocycles. The van der Waals surface area contributed by atoms with Crippen molar-refractivity contribution >= 4 is 17.3 Å². The lowest BCUT2D eigenvalue weighted by Gasteiger charge is -2.36. The Morgan fingerprint density at radius 1 is 1.08 bits per heavy atom. The largest absolute Gasteiger partial charge is 0.492 e. The molecule has 128 valence electrons. The Kier molecular flexibility index (Phi) is 5.94. The Bertz CT molecular complexity index is 633. The van der Waals surface area contributed by atoms with Crippen LogP contribution in [-0.2, 0) is 0 Å². The highest BCUT2D eigenvalue weighted by Crippen LogP contribution is 2.21. The Balaban J connectivity index is 1.52. The van der Waals surface area contributed by atoms with E-state index in [0.717, 1.165) is 30.2 Å². The van der Waals surface area contributed by atoms with Crippen LogP contribution in [0.15, 0.2) is 48.5 Å². The van der Waals surface area contributed by atoms with Crippen LogP contribution in [0.25, 0.3) is 0 Å². The van der Waals surface area contributed by atoms with E-state index in [0.29, 0.717) is 18.5 Å². The van der Waals surface area contributed by atoms with Crippen molar-refractivity contribution in [1.82, 2.24) is 4.90 Å². The number of benzene rings is 2. The molecule has 3 nitrogen and oxygen atoms in total. The maximum Gasteiger partial charge on any atom is 0.123 e. The minimum atomic E-state index is -0.245. The first kappa shape index (κ1) is 17.1. The van der Waals surface area contributed by atoms with E-state index < -0.39 is 0 Å². The highest BCUT2D eigenvalue weighted by atomic mass is 35.5. The third-order valence-electron chi connectivity index (χ3n) is 4.25. The third kappa shape index (κ3) is 4.86. The second-order valence-corrected chi connectivity index (χ2v) is 6.44. The molecule has 0 radical (unpaired) electrons. The molecule has 0 spiro atoms. The number of piperidine rings is 1. The van der Waals surface area contributed by atoms with Gasteiger partial charge in [0.2, 0.25) is 0 Å². The number of anilines is 1. The van der Waals surface area contributed by atoms with Crippen LogP contribution in [0, 0.1) is 5.82 Å². The van der Waals surface area contributed by atoms with E-state index in [2.05, 4.69) is 10.2 Å². The monoisotopic (exact) mass is 348 g/mol. The Hall–Kier alpha value is -1.78. The summed E-state index contributed by atoms with van der Waals surface area (Å²) in [6, 6.07) is 14.0. The standard InChI is InChI=1S/C19H22ClFN2O/c20-15-4-8-17(9-5-15)22-19-3-1-2-12-23(19)13-14-24-18-10-6-16(21)7-11-18/h4-11,19,22H,1-3,12-14H2. The van der Waals surface area contributed by atoms with Gasteiger partial charge in [0.05, 0.1) is 6.17 Å². The Morgan fingerprint density at radius 2 is 1.83 bits per heavy atom. The van der Waals surface area contributed by atoms with Crippen LogP contribution in [-0.4, -0.2) is 30.8 Å². The first-order valence-corrected chi connectivity index (χ1v) is 8.73. The van der Waals surface area contributed by atoms with Crippen molar-refractivity contribution in [3.63, 3.8) is 0 Å². The summed E-state index contributed by atoms with van der Waals surface area (Å²) in [6.45, 7) is 2.48. The summed E-state index contributed by atoms with van der Waals surface area (Å²) in [5.41, 5.74) is 1.08. The molecule has 1 atom stereocenters. The SMILES string of the molecule is Fc1ccc(OCCN2CCCCC2Nc2ccc(Cl)cc2)cc1. The fourth-order valence-electron chi connectivity index (χ4n) is 2.97. The van der Waals surface area contributed by atoms with E-state index >= 15 is 0 Å². The van der Waals surface area contributed by atoms with Crippen LogP contribution in [0.5, 0.6) is 5.75 Å². The number of ether oxygens (including phenoxy) is 1. The summed E-state index contributed by atoms with van der Waals surface area (Å²) in [5.74, 6) is 0.459. The van der Waals surface area contributed by atoms with Crippen LogP contribution < -0.4 is 10.1 Å². The number of nitrogens with one attached hydrogen (secondary N) is 1. The zero-order chi connectivity index (χ0) is 16.8. The molecule has 0 aliphatic carbocycles. The van der Waals surface area contributed by atoms with E-state index in [9.17, 15) is 4.39 Å². The van der Waals surface area contributed by atoms with E-state index in [1.54, 1.807) is 12.1 Å². The summed E-state index contributed by atoms with van der Waals surface area (Å²) in [4.78, 5) is 2.40. The third-order valence-corrected chi connectivity index (χ3v) is 4.50. The molecule has 1 fully saturated rings. The molecule has 0 saturated carbocycles. The molecule has 5 heteroatoms. The number of likely N-dealkylation sites (tertiary alicyclic amines) is 1. The van der Waals surface area contributed by atoms with Crippen molar-refractivity contribution in [3.05, 3.63) is 59.4 Å². The molecular weight excluding hydrogens is 327 g/mol. The summed E-state index contributed by atoms with van der Waals surface area (Å²) in [6.07, 6.45) is 3.84. The van der Waals surface area contributed by atoms with Crippen molar-refractivity contribution in [2.75, 3.05) is 25.0 Å². The van der Waals surface area contributed by atoms with Crippen molar-refractivity contribution in [1.29, 1.82) is 0 Å². The number of hydrogen-bond donors (Lipinski definition) is 1. The minimum Gasteiger partial charge on any atom is -0.492 e. The average Bonchev–Trinajstić information content (AvgIpc) is 2.60. The van der Waals surface area contributed by atoms with E-state index in [1.807, 2.05) is 24.3 Å². The lowest BCUT2D eigenvalue weighted by molar-refractivity contribution is 0.138. The quantitative estimate of drug-likeness (QED) is 0.812. The van der Waals surface area contributed by atoms with E-state index in [-0.39, 0.29) is 5.82 Å². The highest BCUT2D eigenvalue weighted by molar-refractivity contribution is 6.30. The van der Waals surface area contributed by atoms with Gasteiger partial charge in [0.25, 0.3) is 0 Å². The first-order valence-electron chi connectivity index (χ1n) is 8.35. The van der Waals surface area contributed by atoms with Gasteiger partial charge in [0.1, 0.15) is 18.2 Å². The number of rotatable bonds is 6. The normalized spacial score (nSPS) is 18.3. The fraction of sp³-hybridized carbons (Fsp3) is 0.368. The molecule has 1 unspecified atom stereocenters. The lowest BCUT2D eigenvalue weighted by atomic mass is 10.1. The average molecular weight is 349 g/mol. The minimum absolute atomic E-state index is 0.245. The Morgan fingerprint density at radius 3 is 2.58 bits per heavy atom. The second-order valence-electron chi connectivity index (χ2n) is 6.00. The molecule has 1 aliphatic rings. The van der Waals surface area contributed by atoms with Gasteiger partial charge in [-0.25, -0.2) is 4.39 Å². The maximum atomic E-state index is 12.9. The van der Waals surface area contributed by atoms with E-state index in [4.69, 9.17) is 16.3 Å². The van der Waals surface area contributed by atoms with Crippen LogP contribution in [0.2, 0.25) is 5.02 Å². The van der Waals surface area contributed by atoms with Gasteiger partial charge in [-0.1, -0.05) is 11.6 Å². The molecule has 0 aromatic heterocycles. The molecule has 1 aliphatic heterocycles. The Labute approximate surface area is 147 Å². The summed E-state index contributed by atoms with van der Waals surface area (Å²) in [7, 11) is 0. The van der Waals surface area contributed by atoms with Crippen molar-refractivity contribution < 1.29 is 9.13 Å². The van der Waals surface area contributed by atoms with Crippen LogP contribution >= 0.6 is 11.6 Å². The topological polar surface area (TPSA) is 24.5 Å². The van der Waals surface area contributed by atoms with Crippen molar-refractivity contribution in [3.8, 4) is 5.75 Å². The number of hydrogen-bond acceptors (Lipinski definition) is 3. The zero-order valence-electron chi connectivity index (χ0n) is 13.6. The fourth-order valence-corrected chi connectivity index (χ4v) is 3.10. The predicted octanol–water partition coefficient (Wildman–Crippen LogP) is 4.78. The van der Waals surface area contributed by atoms with Gasteiger partial charge in [-0.05, 0) is 67.8 Å². The predicted molar refractivity (Wildman–Crippen MR) is 96.2 cm³/mol. The zero-order valence-corrected chi connectivity index (χ0v) is 14.3. The lowest BCUT2D eigenvalue weighted by Crippen LogP contribution is -2.46. The van der Waals surface area contributed by atoms with Gasteiger partial charge in [0.15, 0.2) is 0 Å². The van der Waals surface area contributed by atoms with Gasteiger partial charge >= 0.3 is 0 Å². The van der Waals surface area contributed by atoms with Crippen molar-refractivity contribution in [2.45, 2.75) is 25.4 Å². The number of halogens is 2. The molecule has 0 amide bonds. The maximum absolute atomic E-state index is 12.9. The summed E-state index contributed by atoms with van der Waals surface area (Å²) in [5, 5.41) is 4.32. The molecule has 24 heavy (non-hydrogen) atoms. The van der Waals surface area contributed by atoms with Gasteiger partial charge in [0, 0.05) is 23.8 Å².